The molecule has 1 aliphatic rings. The molecular weight excluding hydrogens is 214 g/mol. The maximum Gasteiger partial charge on any atom is 0.220 e. The van der Waals surface area contributed by atoms with Crippen molar-refractivity contribution in [2.45, 2.75) is 39.0 Å². The van der Waals surface area contributed by atoms with Crippen molar-refractivity contribution in [1.82, 2.24) is 10.2 Å². The highest BCUT2D eigenvalue weighted by atomic mass is 16.1. The van der Waals surface area contributed by atoms with E-state index in [9.17, 15) is 4.79 Å². The summed E-state index contributed by atoms with van der Waals surface area (Å²) in [6.45, 7) is 6.84. The summed E-state index contributed by atoms with van der Waals surface area (Å²) in [5, 5.41) is 2.99. The maximum absolute atomic E-state index is 11.6. The van der Waals surface area contributed by atoms with Gasteiger partial charge in [0.25, 0.3) is 0 Å². The van der Waals surface area contributed by atoms with E-state index in [1.165, 1.54) is 32.4 Å². The van der Waals surface area contributed by atoms with Gasteiger partial charge in [-0.25, -0.2) is 0 Å². The number of hydrogen-bond donors (Lipinski definition) is 2. The van der Waals surface area contributed by atoms with Gasteiger partial charge in [0, 0.05) is 19.5 Å². The fourth-order valence-electron chi connectivity index (χ4n) is 2.27. The standard InChI is InChI=1S/C13H27N3O/c1-2-12(11-14)10-13(17)15-6-9-16-7-4-3-5-8-16/h12H,2-11,14H2,1H3,(H,15,17). The molecule has 0 aromatic carbocycles. The van der Waals surface area contributed by atoms with Crippen molar-refractivity contribution >= 4 is 5.91 Å². The Morgan fingerprint density at radius 1 is 1.35 bits per heavy atom. The lowest BCUT2D eigenvalue weighted by Crippen LogP contribution is -2.38. The molecule has 0 radical (unpaired) electrons. The number of hydrogen-bond acceptors (Lipinski definition) is 3. The van der Waals surface area contributed by atoms with Crippen molar-refractivity contribution in [1.29, 1.82) is 0 Å². The van der Waals surface area contributed by atoms with Crippen molar-refractivity contribution in [2.75, 3.05) is 32.7 Å². The highest BCUT2D eigenvalue weighted by Gasteiger charge is 2.12. The van der Waals surface area contributed by atoms with E-state index in [1.807, 2.05) is 0 Å². The number of rotatable bonds is 7. The normalized spacial score (nSPS) is 18.9. The molecule has 1 amide bonds. The van der Waals surface area contributed by atoms with Crippen LogP contribution in [0.1, 0.15) is 39.0 Å². The lowest BCUT2D eigenvalue weighted by molar-refractivity contribution is -0.122. The first-order valence-electron chi connectivity index (χ1n) is 6.95. The molecule has 0 aromatic heterocycles. The second-order valence-electron chi connectivity index (χ2n) is 4.97. The summed E-state index contributed by atoms with van der Waals surface area (Å²) < 4.78 is 0. The van der Waals surface area contributed by atoms with E-state index >= 15 is 0 Å². The summed E-state index contributed by atoms with van der Waals surface area (Å²) in [5.74, 6) is 0.490. The van der Waals surface area contributed by atoms with Crippen LogP contribution in [0.5, 0.6) is 0 Å². The van der Waals surface area contributed by atoms with Gasteiger partial charge in [-0.15, -0.1) is 0 Å². The summed E-state index contributed by atoms with van der Waals surface area (Å²) in [6.07, 6.45) is 5.53. The Balaban J connectivity index is 2.06. The van der Waals surface area contributed by atoms with E-state index in [1.54, 1.807) is 0 Å². The second kappa shape index (κ2) is 8.48. The minimum atomic E-state index is 0.152. The van der Waals surface area contributed by atoms with Gasteiger partial charge in [0.2, 0.25) is 5.91 Å². The average Bonchev–Trinajstić information content (AvgIpc) is 2.37. The molecule has 1 fully saturated rings. The molecule has 4 heteroatoms. The van der Waals surface area contributed by atoms with Crippen LogP contribution in [0, 0.1) is 5.92 Å². The highest BCUT2D eigenvalue weighted by Crippen LogP contribution is 2.08. The minimum absolute atomic E-state index is 0.152. The summed E-state index contributed by atoms with van der Waals surface area (Å²) in [6, 6.07) is 0. The van der Waals surface area contributed by atoms with Gasteiger partial charge in [0.1, 0.15) is 0 Å². The maximum atomic E-state index is 11.6. The molecule has 0 aromatic rings. The van der Waals surface area contributed by atoms with Crippen LogP contribution in [0.2, 0.25) is 0 Å². The molecule has 1 aliphatic heterocycles. The molecule has 1 atom stereocenters. The predicted octanol–water partition coefficient (Wildman–Crippen LogP) is 0.964. The van der Waals surface area contributed by atoms with Crippen LogP contribution in [0.4, 0.5) is 0 Å². The van der Waals surface area contributed by atoms with Crippen LogP contribution in [0.25, 0.3) is 0 Å². The van der Waals surface area contributed by atoms with Gasteiger partial charge in [-0.05, 0) is 38.4 Å². The van der Waals surface area contributed by atoms with Crippen LogP contribution in [-0.4, -0.2) is 43.5 Å². The molecule has 3 N–H and O–H groups in total. The van der Waals surface area contributed by atoms with E-state index in [0.29, 0.717) is 18.9 Å². The quantitative estimate of drug-likeness (QED) is 0.698. The number of nitrogens with zero attached hydrogens (tertiary/aromatic N) is 1. The molecule has 0 spiro atoms. The second-order valence-corrected chi connectivity index (χ2v) is 4.97. The molecule has 0 aliphatic carbocycles. The Hall–Kier alpha value is -0.610. The summed E-state index contributed by atoms with van der Waals surface area (Å²) in [5.41, 5.74) is 5.59. The molecule has 0 bridgehead atoms. The van der Waals surface area contributed by atoms with Gasteiger partial charge < -0.3 is 16.0 Å². The average molecular weight is 241 g/mol. The fraction of sp³-hybridized carbons (Fsp3) is 0.923. The Morgan fingerprint density at radius 3 is 2.65 bits per heavy atom. The number of nitrogens with two attached hydrogens (primary N) is 1. The lowest BCUT2D eigenvalue weighted by Gasteiger charge is -2.26. The number of amides is 1. The Bertz CT molecular complexity index is 211. The monoisotopic (exact) mass is 241 g/mol. The van der Waals surface area contributed by atoms with Gasteiger partial charge in [-0.2, -0.15) is 0 Å². The van der Waals surface area contributed by atoms with E-state index < -0.39 is 0 Å². The number of carbonyl (C=O) groups is 1. The van der Waals surface area contributed by atoms with Crippen molar-refractivity contribution in [3.63, 3.8) is 0 Å². The van der Waals surface area contributed by atoms with Crippen LogP contribution in [-0.2, 0) is 4.79 Å². The molecule has 100 valence electrons. The van der Waals surface area contributed by atoms with Crippen molar-refractivity contribution in [3.8, 4) is 0 Å². The SMILES string of the molecule is CCC(CN)CC(=O)NCCN1CCCCC1. The molecule has 1 saturated heterocycles. The van der Waals surface area contributed by atoms with Crippen molar-refractivity contribution in [2.24, 2.45) is 11.7 Å². The van der Waals surface area contributed by atoms with Crippen molar-refractivity contribution in [3.05, 3.63) is 0 Å². The zero-order valence-corrected chi connectivity index (χ0v) is 11.1. The van der Waals surface area contributed by atoms with Crippen molar-refractivity contribution < 1.29 is 4.79 Å². The number of nitrogens with one attached hydrogen (secondary N) is 1. The predicted molar refractivity (Wildman–Crippen MR) is 70.8 cm³/mol. The Morgan fingerprint density at radius 2 is 2.06 bits per heavy atom. The van der Waals surface area contributed by atoms with Gasteiger partial charge in [-0.3, -0.25) is 4.79 Å². The van der Waals surface area contributed by atoms with E-state index in [0.717, 1.165) is 19.5 Å². The molecule has 1 heterocycles. The van der Waals surface area contributed by atoms with Gasteiger partial charge in [0.15, 0.2) is 0 Å². The van der Waals surface area contributed by atoms with Crippen LogP contribution >= 0.6 is 0 Å². The fourth-order valence-corrected chi connectivity index (χ4v) is 2.27. The topological polar surface area (TPSA) is 58.4 Å². The first kappa shape index (κ1) is 14.5. The number of likely N-dealkylation sites (tertiary alicyclic amines) is 1. The molecule has 17 heavy (non-hydrogen) atoms. The molecule has 1 rings (SSSR count). The zero-order chi connectivity index (χ0) is 12.5. The molecule has 4 nitrogen and oxygen atoms in total. The van der Waals surface area contributed by atoms with Crippen LogP contribution in [0.3, 0.4) is 0 Å². The van der Waals surface area contributed by atoms with E-state index in [4.69, 9.17) is 5.73 Å². The largest absolute Gasteiger partial charge is 0.355 e. The first-order chi connectivity index (χ1) is 8.26. The van der Waals surface area contributed by atoms with E-state index in [-0.39, 0.29) is 5.91 Å². The van der Waals surface area contributed by atoms with Gasteiger partial charge in [0.05, 0.1) is 0 Å². The van der Waals surface area contributed by atoms with Crippen LogP contribution < -0.4 is 11.1 Å². The third-order valence-electron chi connectivity index (χ3n) is 3.58. The number of carbonyl (C=O) groups excluding carboxylic acids is 1. The Kier molecular flexibility index (Phi) is 7.21. The first-order valence-corrected chi connectivity index (χ1v) is 6.95. The zero-order valence-electron chi connectivity index (χ0n) is 11.1. The molecule has 1 unspecified atom stereocenters. The lowest BCUT2D eigenvalue weighted by atomic mass is 10.0. The molecule has 0 saturated carbocycles. The van der Waals surface area contributed by atoms with E-state index in [2.05, 4.69) is 17.1 Å². The van der Waals surface area contributed by atoms with Crippen LogP contribution in [0.15, 0.2) is 0 Å². The Labute approximate surface area is 105 Å². The molecular formula is C13H27N3O. The minimum Gasteiger partial charge on any atom is -0.355 e. The van der Waals surface area contributed by atoms with Gasteiger partial charge in [-0.1, -0.05) is 19.8 Å². The summed E-state index contributed by atoms with van der Waals surface area (Å²) in [7, 11) is 0. The smallest absolute Gasteiger partial charge is 0.220 e. The third kappa shape index (κ3) is 6.03. The highest BCUT2D eigenvalue weighted by molar-refractivity contribution is 5.76. The summed E-state index contributed by atoms with van der Waals surface area (Å²) >= 11 is 0. The summed E-state index contributed by atoms with van der Waals surface area (Å²) in [4.78, 5) is 14.1. The number of piperidine rings is 1. The van der Waals surface area contributed by atoms with Gasteiger partial charge >= 0.3 is 0 Å². The third-order valence-corrected chi connectivity index (χ3v) is 3.58.